The lowest BCUT2D eigenvalue weighted by Crippen LogP contribution is -2.05. The third kappa shape index (κ3) is 9.29. The van der Waals surface area contributed by atoms with E-state index < -0.39 is 0 Å². The molecule has 4 heterocycles. The monoisotopic (exact) mass is 1150 g/mol. The Balaban J connectivity index is 0.968. The van der Waals surface area contributed by atoms with Gasteiger partial charge in [0.05, 0.1) is 56.7 Å². The van der Waals surface area contributed by atoms with Gasteiger partial charge in [0.25, 0.3) is 0 Å². The van der Waals surface area contributed by atoms with Crippen molar-refractivity contribution in [2.45, 2.75) is 0 Å². The number of para-hydroxylation sites is 2. The highest BCUT2D eigenvalue weighted by molar-refractivity contribution is 6.12. The zero-order chi connectivity index (χ0) is 60.1. The standard InChI is InChI=1S/C80H48N10/c81-49-59-29-13-15-31-61(59)57-39-43-71-65(47-57)63-33-17-19-35-69(63)89(71)73-41-37-55(45-67(73)79-85-75(51-21-5-1-6-22-51)83-76(86-79)52-23-7-2-8-24-52)56-38-42-74(68(46-56)80-87-77(53-25-9-3-10-26-53)84-78(88-80)54-27-11-4-12-28-54)90-70-36-20-18-34-64(70)66-48-58(40-44-72(66)90)62-32-16-14-30-60(62)50-82/h1-48H. The first-order chi connectivity index (χ1) is 44.5. The number of hydrogen-bond donors (Lipinski definition) is 0. The highest BCUT2D eigenvalue weighted by Crippen LogP contribution is 2.43. The summed E-state index contributed by atoms with van der Waals surface area (Å²) in [4.78, 5) is 31.9. The molecule has 10 nitrogen and oxygen atoms in total. The van der Waals surface area contributed by atoms with Crippen LogP contribution in [-0.4, -0.2) is 39.0 Å². The summed E-state index contributed by atoms with van der Waals surface area (Å²) >= 11 is 0. The molecule has 0 unspecified atom stereocenters. The van der Waals surface area contributed by atoms with Gasteiger partial charge in [0.1, 0.15) is 0 Å². The quantitative estimate of drug-likeness (QED) is 0.125. The maximum atomic E-state index is 10.2. The maximum absolute atomic E-state index is 10.2. The van der Waals surface area contributed by atoms with Gasteiger partial charge < -0.3 is 9.13 Å². The molecule has 0 aliphatic rings. The van der Waals surface area contributed by atoms with Gasteiger partial charge in [0, 0.05) is 54.9 Å². The van der Waals surface area contributed by atoms with Gasteiger partial charge in [-0.3, -0.25) is 0 Å². The van der Waals surface area contributed by atoms with Crippen LogP contribution in [0.15, 0.2) is 291 Å². The Morgan fingerprint density at radius 3 is 0.889 bits per heavy atom. The van der Waals surface area contributed by atoms with Gasteiger partial charge in [-0.05, 0) is 106 Å². The average molecular weight is 1150 g/mol. The van der Waals surface area contributed by atoms with Crippen LogP contribution in [0.5, 0.6) is 0 Å². The van der Waals surface area contributed by atoms with Crippen molar-refractivity contribution in [1.82, 2.24) is 39.0 Å². The van der Waals surface area contributed by atoms with Gasteiger partial charge in [-0.25, -0.2) is 29.9 Å². The van der Waals surface area contributed by atoms with Crippen LogP contribution in [-0.2, 0) is 0 Å². The van der Waals surface area contributed by atoms with E-state index in [4.69, 9.17) is 29.9 Å². The van der Waals surface area contributed by atoms with Crippen LogP contribution in [0.3, 0.4) is 0 Å². The molecule has 0 saturated carbocycles. The Bertz CT molecular complexity index is 5110. The van der Waals surface area contributed by atoms with E-state index in [1.807, 2.05) is 170 Å². The van der Waals surface area contributed by atoms with Crippen LogP contribution in [0.1, 0.15) is 11.1 Å². The molecule has 90 heavy (non-hydrogen) atoms. The number of hydrogen-bond acceptors (Lipinski definition) is 8. The summed E-state index contributed by atoms with van der Waals surface area (Å²) in [7, 11) is 0. The molecule has 0 atom stereocenters. The molecular formula is C80H48N10. The zero-order valence-electron chi connectivity index (χ0n) is 48.2. The van der Waals surface area contributed by atoms with Crippen molar-refractivity contribution >= 4 is 43.6 Å². The first-order valence-corrected chi connectivity index (χ1v) is 29.6. The van der Waals surface area contributed by atoms with Gasteiger partial charge in [0.2, 0.25) is 0 Å². The number of aromatic nitrogens is 8. The number of nitrogens with zero attached hydrogens (tertiary/aromatic N) is 10. The van der Waals surface area contributed by atoms with E-state index in [1.54, 1.807) is 0 Å². The van der Waals surface area contributed by atoms with E-state index in [1.165, 1.54) is 0 Å². The number of benzene rings is 12. The molecule has 418 valence electrons. The summed E-state index contributed by atoms with van der Waals surface area (Å²) in [5.74, 6) is 3.13. The van der Waals surface area contributed by atoms with Crippen molar-refractivity contribution in [2.24, 2.45) is 0 Å². The van der Waals surface area contributed by atoms with Gasteiger partial charge in [0.15, 0.2) is 34.9 Å². The van der Waals surface area contributed by atoms with Gasteiger partial charge in [-0.1, -0.05) is 218 Å². The van der Waals surface area contributed by atoms with Crippen LogP contribution in [0, 0.1) is 22.7 Å². The summed E-state index contributed by atoms with van der Waals surface area (Å²) in [5.41, 5.74) is 17.3. The second-order valence-electron chi connectivity index (χ2n) is 22.0. The van der Waals surface area contributed by atoms with E-state index in [0.717, 1.165) is 122 Å². The summed E-state index contributed by atoms with van der Waals surface area (Å²) in [6.45, 7) is 0. The predicted octanol–water partition coefficient (Wildman–Crippen LogP) is 19.0. The Kier molecular flexibility index (Phi) is 13.1. The van der Waals surface area contributed by atoms with Crippen LogP contribution in [0.2, 0.25) is 0 Å². The van der Waals surface area contributed by atoms with Crippen LogP contribution in [0.25, 0.3) is 157 Å². The van der Waals surface area contributed by atoms with Crippen LogP contribution < -0.4 is 0 Å². The third-order valence-electron chi connectivity index (χ3n) is 16.8. The fourth-order valence-electron chi connectivity index (χ4n) is 12.5. The minimum Gasteiger partial charge on any atom is -0.309 e. The van der Waals surface area contributed by atoms with Gasteiger partial charge >= 0.3 is 0 Å². The van der Waals surface area contributed by atoms with E-state index in [-0.39, 0.29) is 0 Å². The number of fused-ring (bicyclic) bond motifs is 6. The summed E-state index contributed by atoms with van der Waals surface area (Å²) in [6.07, 6.45) is 0. The van der Waals surface area contributed by atoms with Gasteiger partial charge in [-0.15, -0.1) is 0 Å². The Hall–Kier alpha value is -12.8. The lowest BCUT2D eigenvalue weighted by molar-refractivity contribution is 1.06. The Labute approximate surface area is 517 Å². The first-order valence-electron chi connectivity index (χ1n) is 29.6. The maximum Gasteiger partial charge on any atom is 0.166 e. The second kappa shape index (κ2) is 22.3. The highest BCUT2D eigenvalue weighted by atomic mass is 15.1. The van der Waals surface area contributed by atoms with Crippen molar-refractivity contribution in [1.29, 1.82) is 10.5 Å². The smallest absolute Gasteiger partial charge is 0.166 e. The van der Waals surface area contributed by atoms with Crippen molar-refractivity contribution < 1.29 is 0 Å². The molecule has 12 aromatic carbocycles. The molecule has 0 saturated heterocycles. The molecule has 0 fully saturated rings. The molecular weight excluding hydrogens is 1100 g/mol. The number of rotatable bonds is 11. The third-order valence-corrected chi connectivity index (χ3v) is 16.8. The predicted molar refractivity (Wildman–Crippen MR) is 360 cm³/mol. The summed E-state index contributed by atoms with van der Waals surface area (Å²) in [5, 5.41) is 24.6. The summed E-state index contributed by atoms with van der Waals surface area (Å²) in [6, 6.07) is 103. The number of nitriles is 2. The van der Waals surface area contributed by atoms with E-state index in [0.29, 0.717) is 46.1 Å². The molecule has 4 aromatic heterocycles. The lowest BCUT2D eigenvalue weighted by Gasteiger charge is -2.18. The highest BCUT2D eigenvalue weighted by Gasteiger charge is 2.25. The topological polar surface area (TPSA) is 135 Å². The van der Waals surface area contributed by atoms with Crippen molar-refractivity contribution in [3.8, 4) is 125 Å². The molecule has 0 spiro atoms. The van der Waals surface area contributed by atoms with Crippen molar-refractivity contribution in [3.05, 3.63) is 302 Å². The first kappa shape index (κ1) is 52.8. The molecule has 0 bridgehead atoms. The van der Waals surface area contributed by atoms with E-state index in [9.17, 15) is 10.5 Å². The fourth-order valence-corrected chi connectivity index (χ4v) is 12.5. The van der Waals surface area contributed by atoms with Gasteiger partial charge in [-0.2, -0.15) is 10.5 Å². The second-order valence-corrected chi connectivity index (χ2v) is 22.0. The minimum atomic E-state index is 0.487. The largest absolute Gasteiger partial charge is 0.309 e. The van der Waals surface area contributed by atoms with E-state index >= 15 is 0 Å². The fraction of sp³-hybridized carbons (Fsp3) is 0. The van der Waals surface area contributed by atoms with Crippen LogP contribution >= 0.6 is 0 Å². The minimum absolute atomic E-state index is 0.487. The molecule has 0 aliphatic heterocycles. The molecule has 0 N–H and O–H groups in total. The Morgan fingerprint density at radius 2 is 0.522 bits per heavy atom. The molecule has 16 rings (SSSR count). The molecule has 10 heteroatoms. The summed E-state index contributed by atoms with van der Waals surface area (Å²) < 4.78 is 4.61. The SMILES string of the molecule is N#Cc1ccccc1-c1ccc2c(c1)c1ccccc1n2-c1ccc(-c2ccc(-n3c4ccccc4c4cc(-c5ccccc5C#N)ccc43)c(-c3nc(-c4ccccc4)nc(-c4ccccc4)n3)c2)cc1-c1nc(-c2ccccc2)nc(-c2ccccc2)n1. The lowest BCUT2D eigenvalue weighted by atomic mass is 9.97. The Morgan fingerprint density at radius 1 is 0.222 bits per heavy atom. The molecule has 0 amide bonds. The zero-order valence-corrected chi connectivity index (χ0v) is 48.2. The van der Waals surface area contributed by atoms with Crippen molar-refractivity contribution in [2.75, 3.05) is 0 Å². The average Bonchev–Trinajstić information content (AvgIpc) is 1.57. The molecule has 0 aliphatic carbocycles. The van der Waals surface area contributed by atoms with Crippen molar-refractivity contribution in [3.63, 3.8) is 0 Å². The normalized spacial score (nSPS) is 11.3. The molecule has 16 aromatic rings. The van der Waals surface area contributed by atoms with Crippen LogP contribution in [0.4, 0.5) is 0 Å². The van der Waals surface area contributed by atoms with E-state index in [2.05, 4.69) is 143 Å². The molecule has 0 radical (unpaired) electrons.